The van der Waals surface area contributed by atoms with Crippen molar-refractivity contribution < 1.29 is 17.9 Å². The third-order valence-corrected chi connectivity index (χ3v) is 5.29. The van der Waals surface area contributed by atoms with Gasteiger partial charge in [-0.2, -0.15) is 0 Å². The number of rotatable bonds is 9. The Labute approximate surface area is 161 Å². The molecule has 1 atom stereocenters. The molecule has 0 unspecified atom stereocenters. The molecular formula is C20H26N2O4S. The summed E-state index contributed by atoms with van der Waals surface area (Å²) in [5.74, 6) is 0.305. The lowest BCUT2D eigenvalue weighted by Gasteiger charge is -2.28. The van der Waals surface area contributed by atoms with E-state index in [2.05, 4.69) is 5.32 Å². The molecule has 0 saturated heterocycles. The van der Waals surface area contributed by atoms with Crippen LogP contribution in [0.1, 0.15) is 19.4 Å². The molecule has 6 nitrogen and oxygen atoms in total. The second-order valence-electron chi connectivity index (χ2n) is 6.19. The van der Waals surface area contributed by atoms with Crippen LogP contribution in [0.25, 0.3) is 0 Å². The maximum Gasteiger partial charge on any atom is 0.243 e. The molecule has 0 radical (unpaired) electrons. The Morgan fingerprint density at radius 3 is 2.30 bits per heavy atom. The molecule has 2 aromatic carbocycles. The van der Waals surface area contributed by atoms with Crippen molar-refractivity contribution in [2.45, 2.75) is 26.3 Å². The summed E-state index contributed by atoms with van der Waals surface area (Å²) in [7, 11) is -3.63. The van der Waals surface area contributed by atoms with E-state index < -0.39 is 16.1 Å². The summed E-state index contributed by atoms with van der Waals surface area (Å²) in [5.41, 5.74) is 1.53. The van der Waals surface area contributed by atoms with Gasteiger partial charge in [-0.05, 0) is 50.1 Å². The summed E-state index contributed by atoms with van der Waals surface area (Å²) < 4.78 is 31.1. The lowest BCUT2D eigenvalue weighted by atomic mass is 10.1. The molecule has 1 N–H and O–H groups in total. The van der Waals surface area contributed by atoms with Crippen LogP contribution in [0, 0.1) is 0 Å². The van der Waals surface area contributed by atoms with E-state index in [0.717, 1.165) is 16.1 Å². The van der Waals surface area contributed by atoms with Gasteiger partial charge in [0, 0.05) is 6.54 Å². The molecule has 0 fully saturated rings. The molecule has 0 aliphatic rings. The second-order valence-corrected chi connectivity index (χ2v) is 8.05. The van der Waals surface area contributed by atoms with E-state index in [4.69, 9.17) is 4.74 Å². The van der Waals surface area contributed by atoms with Crippen LogP contribution >= 0.6 is 0 Å². The van der Waals surface area contributed by atoms with Crippen molar-refractivity contribution in [2.24, 2.45) is 0 Å². The SMILES string of the molecule is CCOc1ccc(N([C@@H](C)C(=O)NCCc2ccccc2)S(C)(=O)=O)cc1. The van der Waals surface area contributed by atoms with Crippen molar-refractivity contribution in [2.75, 3.05) is 23.7 Å². The van der Waals surface area contributed by atoms with Crippen molar-refractivity contribution in [3.8, 4) is 5.75 Å². The van der Waals surface area contributed by atoms with Gasteiger partial charge in [-0.1, -0.05) is 30.3 Å². The maximum absolute atomic E-state index is 12.5. The number of carbonyl (C=O) groups is 1. The Bertz CT molecular complexity index is 836. The monoisotopic (exact) mass is 390 g/mol. The predicted molar refractivity (Wildman–Crippen MR) is 108 cm³/mol. The van der Waals surface area contributed by atoms with Gasteiger partial charge in [0.25, 0.3) is 0 Å². The number of benzene rings is 2. The van der Waals surface area contributed by atoms with Crippen LogP contribution in [0.4, 0.5) is 5.69 Å². The number of nitrogens with zero attached hydrogens (tertiary/aromatic N) is 1. The van der Waals surface area contributed by atoms with Crippen LogP contribution in [-0.2, 0) is 21.2 Å². The average Bonchev–Trinajstić information content (AvgIpc) is 2.63. The molecule has 0 bridgehead atoms. The van der Waals surface area contributed by atoms with Gasteiger partial charge in [-0.25, -0.2) is 8.42 Å². The normalized spacial score (nSPS) is 12.3. The van der Waals surface area contributed by atoms with Gasteiger partial charge in [0.1, 0.15) is 11.8 Å². The third kappa shape index (κ3) is 5.99. The van der Waals surface area contributed by atoms with Gasteiger partial charge >= 0.3 is 0 Å². The fourth-order valence-corrected chi connectivity index (χ4v) is 3.96. The Hall–Kier alpha value is -2.54. The van der Waals surface area contributed by atoms with Crippen LogP contribution in [-0.4, -0.2) is 39.8 Å². The van der Waals surface area contributed by atoms with E-state index in [1.54, 1.807) is 31.2 Å². The zero-order valence-corrected chi connectivity index (χ0v) is 16.7. The highest BCUT2D eigenvalue weighted by Crippen LogP contribution is 2.24. The molecule has 0 heterocycles. The van der Waals surface area contributed by atoms with Crippen molar-refractivity contribution >= 4 is 21.6 Å². The van der Waals surface area contributed by atoms with Crippen LogP contribution in [0.15, 0.2) is 54.6 Å². The molecular weight excluding hydrogens is 364 g/mol. The summed E-state index contributed by atoms with van der Waals surface area (Å²) in [5, 5.41) is 2.82. The number of ether oxygens (including phenoxy) is 1. The molecule has 7 heteroatoms. The lowest BCUT2D eigenvalue weighted by Crippen LogP contribution is -2.48. The van der Waals surface area contributed by atoms with Crippen molar-refractivity contribution in [1.82, 2.24) is 5.32 Å². The Morgan fingerprint density at radius 2 is 1.74 bits per heavy atom. The fraction of sp³-hybridized carbons (Fsp3) is 0.350. The third-order valence-electron chi connectivity index (χ3n) is 4.05. The summed E-state index contributed by atoms with van der Waals surface area (Å²) in [6.45, 7) is 4.41. The summed E-state index contributed by atoms with van der Waals surface area (Å²) in [6.07, 6.45) is 1.78. The van der Waals surface area contributed by atoms with Crippen LogP contribution in [0.3, 0.4) is 0 Å². The van der Waals surface area contributed by atoms with E-state index in [9.17, 15) is 13.2 Å². The molecule has 146 valence electrons. The maximum atomic E-state index is 12.5. The second kappa shape index (κ2) is 9.41. The zero-order chi connectivity index (χ0) is 19.9. The predicted octanol–water partition coefficient (Wildman–Crippen LogP) is 2.60. The molecule has 0 aliphatic carbocycles. The molecule has 0 saturated carbocycles. The van der Waals surface area contributed by atoms with Gasteiger partial charge in [0.05, 0.1) is 18.6 Å². The van der Waals surface area contributed by atoms with Crippen LogP contribution in [0.2, 0.25) is 0 Å². The van der Waals surface area contributed by atoms with Crippen molar-refractivity contribution in [1.29, 1.82) is 0 Å². The molecule has 2 rings (SSSR count). The Kier molecular flexibility index (Phi) is 7.24. The number of sulfonamides is 1. The number of nitrogens with one attached hydrogen (secondary N) is 1. The first-order chi connectivity index (χ1) is 12.8. The van der Waals surface area contributed by atoms with Crippen molar-refractivity contribution in [3.05, 3.63) is 60.2 Å². The average molecular weight is 391 g/mol. The van der Waals surface area contributed by atoms with Gasteiger partial charge in [0.15, 0.2) is 0 Å². The van der Waals surface area contributed by atoms with E-state index >= 15 is 0 Å². The van der Waals surface area contributed by atoms with E-state index in [0.29, 0.717) is 31.0 Å². The standard InChI is InChI=1S/C20H26N2O4S/c1-4-26-19-12-10-18(11-13-19)22(27(3,24)25)16(2)20(23)21-15-14-17-8-6-5-7-9-17/h5-13,16H,4,14-15H2,1-3H3,(H,21,23)/t16-/m0/s1. The molecule has 0 aliphatic heterocycles. The highest BCUT2D eigenvalue weighted by Gasteiger charge is 2.28. The first kappa shape index (κ1) is 20.8. The summed E-state index contributed by atoms with van der Waals surface area (Å²) >= 11 is 0. The smallest absolute Gasteiger partial charge is 0.243 e. The minimum Gasteiger partial charge on any atom is -0.494 e. The molecule has 0 aromatic heterocycles. The number of carbonyl (C=O) groups excluding carboxylic acids is 1. The fourth-order valence-electron chi connectivity index (χ4n) is 2.79. The quantitative estimate of drug-likeness (QED) is 0.714. The minimum absolute atomic E-state index is 0.342. The van der Waals surface area contributed by atoms with Gasteiger partial charge in [-0.15, -0.1) is 0 Å². The van der Waals surface area contributed by atoms with Gasteiger partial charge in [0.2, 0.25) is 15.9 Å². The number of hydrogen-bond acceptors (Lipinski definition) is 4. The van der Waals surface area contributed by atoms with E-state index in [1.807, 2.05) is 37.3 Å². The molecule has 2 aromatic rings. The Morgan fingerprint density at radius 1 is 1.11 bits per heavy atom. The van der Waals surface area contributed by atoms with Crippen molar-refractivity contribution in [3.63, 3.8) is 0 Å². The summed E-state index contributed by atoms with van der Waals surface area (Å²) in [4.78, 5) is 12.5. The molecule has 0 spiro atoms. The Balaban J connectivity index is 2.07. The molecule has 27 heavy (non-hydrogen) atoms. The highest BCUT2D eigenvalue weighted by molar-refractivity contribution is 7.92. The van der Waals surface area contributed by atoms with Crippen LogP contribution < -0.4 is 14.4 Å². The van der Waals surface area contributed by atoms with E-state index in [-0.39, 0.29) is 5.91 Å². The number of hydrogen-bond donors (Lipinski definition) is 1. The van der Waals surface area contributed by atoms with Crippen LogP contribution in [0.5, 0.6) is 5.75 Å². The first-order valence-corrected chi connectivity index (χ1v) is 10.7. The van der Waals surface area contributed by atoms with Gasteiger partial charge in [-0.3, -0.25) is 9.10 Å². The highest BCUT2D eigenvalue weighted by atomic mass is 32.2. The van der Waals surface area contributed by atoms with Gasteiger partial charge < -0.3 is 10.1 Å². The molecule has 1 amide bonds. The zero-order valence-electron chi connectivity index (χ0n) is 15.9. The minimum atomic E-state index is -3.63. The lowest BCUT2D eigenvalue weighted by molar-refractivity contribution is -0.121. The van der Waals surface area contributed by atoms with E-state index in [1.165, 1.54) is 0 Å². The number of anilines is 1. The summed E-state index contributed by atoms with van der Waals surface area (Å²) in [6, 6.07) is 15.6. The number of amides is 1. The largest absolute Gasteiger partial charge is 0.494 e. The topological polar surface area (TPSA) is 75.7 Å². The first-order valence-electron chi connectivity index (χ1n) is 8.87.